The second kappa shape index (κ2) is 9.41. The van der Waals surface area contributed by atoms with Crippen LogP contribution in [-0.2, 0) is 20.7 Å². The number of aryl methyl sites for hydroxylation is 1. The summed E-state index contributed by atoms with van der Waals surface area (Å²) in [4.78, 5) is 31.9. The van der Waals surface area contributed by atoms with E-state index in [1.807, 2.05) is 0 Å². The molecular formula is C19H21Cl2N3O4. The minimum Gasteiger partial charge on any atom is -0.441 e. The molecule has 1 saturated heterocycles. The molecule has 1 aromatic carbocycles. The van der Waals surface area contributed by atoms with Gasteiger partial charge in [0.2, 0.25) is 11.8 Å². The number of rotatable bonds is 6. The standard InChI is InChI=1S/C19H21Cl2N3O4/c1-23(12-19(26)24-6-8-27-9-7-24)18(25)5-4-17-22-11-16(28-17)14-3-2-13(20)10-15(14)21/h2-3,10-11H,4-9,12H2,1H3. The predicted molar refractivity (Wildman–Crippen MR) is 105 cm³/mol. The van der Waals surface area contributed by atoms with Gasteiger partial charge in [0.1, 0.15) is 0 Å². The van der Waals surface area contributed by atoms with Crippen molar-refractivity contribution in [2.24, 2.45) is 0 Å². The Labute approximate surface area is 173 Å². The van der Waals surface area contributed by atoms with Gasteiger partial charge in [-0.2, -0.15) is 0 Å². The van der Waals surface area contributed by atoms with Crippen molar-refractivity contribution >= 4 is 35.0 Å². The lowest BCUT2D eigenvalue weighted by Crippen LogP contribution is -2.46. The number of carbonyl (C=O) groups excluding carboxylic acids is 2. The maximum Gasteiger partial charge on any atom is 0.242 e. The molecule has 150 valence electrons. The summed E-state index contributed by atoms with van der Waals surface area (Å²) in [6.07, 6.45) is 2.10. The van der Waals surface area contributed by atoms with Gasteiger partial charge in [-0.3, -0.25) is 9.59 Å². The third kappa shape index (κ3) is 5.25. The molecular weight excluding hydrogens is 405 g/mol. The molecule has 0 unspecified atom stereocenters. The van der Waals surface area contributed by atoms with Crippen LogP contribution < -0.4 is 0 Å². The number of ether oxygens (including phenoxy) is 1. The zero-order chi connectivity index (χ0) is 20.1. The van der Waals surface area contributed by atoms with Gasteiger partial charge in [0.15, 0.2) is 11.7 Å². The summed E-state index contributed by atoms with van der Waals surface area (Å²) in [6.45, 7) is 2.25. The van der Waals surface area contributed by atoms with Crippen LogP contribution in [0, 0.1) is 0 Å². The molecule has 28 heavy (non-hydrogen) atoms. The Balaban J connectivity index is 1.51. The number of hydrogen-bond acceptors (Lipinski definition) is 5. The molecule has 0 spiro atoms. The van der Waals surface area contributed by atoms with E-state index in [0.717, 1.165) is 0 Å². The van der Waals surface area contributed by atoms with E-state index in [1.54, 1.807) is 36.3 Å². The number of hydrogen-bond donors (Lipinski definition) is 0. The number of benzene rings is 1. The number of carbonyl (C=O) groups is 2. The fourth-order valence-electron chi connectivity index (χ4n) is 2.85. The van der Waals surface area contributed by atoms with Crippen molar-refractivity contribution in [2.45, 2.75) is 12.8 Å². The first-order valence-corrected chi connectivity index (χ1v) is 9.69. The number of nitrogens with zero attached hydrogens (tertiary/aromatic N) is 3. The van der Waals surface area contributed by atoms with Gasteiger partial charge in [0, 0.05) is 43.6 Å². The Hall–Kier alpha value is -2.09. The van der Waals surface area contributed by atoms with Gasteiger partial charge in [0.05, 0.1) is 31.0 Å². The van der Waals surface area contributed by atoms with Crippen molar-refractivity contribution in [3.8, 4) is 11.3 Å². The Morgan fingerprint density at radius 3 is 2.71 bits per heavy atom. The first-order valence-electron chi connectivity index (χ1n) is 8.93. The van der Waals surface area contributed by atoms with E-state index in [2.05, 4.69) is 4.98 Å². The van der Waals surface area contributed by atoms with Crippen molar-refractivity contribution in [1.82, 2.24) is 14.8 Å². The molecule has 2 amide bonds. The SMILES string of the molecule is CN(CC(=O)N1CCOCC1)C(=O)CCc1ncc(-c2ccc(Cl)cc2Cl)o1. The van der Waals surface area contributed by atoms with Crippen LogP contribution in [0.15, 0.2) is 28.8 Å². The largest absolute Gasteiger partial charge is 0.441 e. The van der Waals surface area contributed by atoms with E-state index in [1.165, 1.54) is 4.90 Å². The van der Waals surface area contributed by atoms with E-state index in [4.69, 9.17) is 32.4 Å². The summed E-state index contributed by atoms with van der Waals surface area (Å²) >= 11 is 12.1. The highest BCUT2D eigenvalue weighted by molar-refractivity contribution is 6.36. The topological polar surface area (TPSA) is 75.9 Å². The van der Waals surface area contributed by atoms with Crippen molar-refractivity contribution in [3.63, 3.8) is 0 Å². The third-order valence-electron chi connectivity index (χ3n) is 4.46. The molecule has 1 fully saturated rings. The van der Waals surface area contributed by atoms with Gasteiger partial charge >= 0.3 is 0 Å². The fourth-order valence-corrected chi connectivity index (χ4v) is 3.35. The van der Waals surface area contributed by atoms with Crippen molar-refractivity contribution < 1.29 is 18.7 Å². The molecule has 1 aromatic heterocycles. The highest BCUT2D eigenvalue weighted by Crippen LogP contribution is 2.30. The third-order valence-corrected chi connectivity index (χ3v) is 5.01. The number of aromatic nitrogens is 1. The number of amides is 2. The Bertz CT molecular complexity index is 849. The minimum atomic E-state index is -0.147. The molecule has 2 aromatic rings. The van der Waals surface area contributed by atoms with Crippen LogP contribution >= 0.6 is 23.2 Å². The molecule has 0 radical (unpaired) electrons. The quantitative estimate of drug-likeness (QED) is 0.710. The number of morpholine rings is 1. The number of halogens is 2. The van der Waals surface area contributed by atoms with Crippen LogP contribution in [0.5, 0.6) is 0 Å². The normalized spacial score (nSPS) is 14.2. The lowest BCUT2D eigenvalue weighted by Gasteiger charge is -2.28. The van der Waals surface area contributed by atoms with E-state index < -0.39 is 0 Å². The van der Waals surface area contributed by atoms with Crippen LogP contribution in [0.3, 0.4) is 0 Å². The van der Waals surface area contributed by atoms with E-state index in [9.17, 15) is 9.59 Å². The van der Waals surface area contributed by atoms with Crippen LogP contribution in [-0.4, -0.2) is 66.5 Å². The zero-order valence-electron chi connectivity index (χ0n) is 15.5. The summed E-state index contributed by atoms with van der Waals surface area (Å²) in [5.74, 6) is 0.725. The lowest BCUT2D eigenvalue weighted by molar-refractivity contribution is -0.141. The predicted octanol–water partition coefficient (Wildman–Crippen LogP) is 2.90. The lowest BCUT2D eigenvalue weighted by atomic mass is 10.2. The summed E-state index contributed by atoms with van der Waals surface area (Å²) < 4.78 is 10.9. The molecule has 7 nitrogen and oxygen atoms in total. The van der Waals surface area contributed by atoms with Gasteiger partial charge in [-0.1, -0.05) is 23.2 Å². The minimum absolute atomic E-state index is 0.0516. The Morgan fingerprint density at radius 1 is 1.25 bits per heavy atom. The molecule has 9 heteroatoms. The van der Waals surface area contributed by atoms with E-state index >= 15 is 0 Å². The molecule has 0 bridgehead atoms. The number of oxazole rings is 1. The Morgan fingerprint density at radius 2 is 2.00 bits per heavy atom. The summed E-state index contributed by atoms with van der Waals surface area (Å²) in [5, 5.41) is 1.00. The van der Waals surface area contributed by atoms with Crippen LogP contribution in [0.4, 0.5) is 0 Å². The molecule has 3 rings (SSSR count). The van der Waals surface area contributed by atoms with Crippen LogP contribution in [0.1, 0.15) is 12.3 Å². The van der Waals surface area contributed by atoms with Crippen molar-refractivity contribution in [2.75, 3.05) is 39.9 Å². The van der Waals surface area contributed by atoms with Gasteiger partial charge in [-0.15, -0.1) is 0 Å². The van der Waals surface area contributed by atoms with Gasteiger partial charge in [-0.05, 0) is 18.2 Å². The van der Waals surface area contributed by atoms with Crippen LogP contribution in [0.2, 0.25) is 10.0 Å². The monoisotopic (exact) mass is 425 g/mol. The second-order valence-electron chi connectivity index (χ2n) is 6.49. The van der Waals surface area contributed by atoms with E-state index in [-0.39, 0.29) is 24.8 Å². The second-order valence-corrected chi connectivity index (χ2v) is 7.33. The average molecular weight is 426 g/mol. The molecule has 1 aliphatic heterocycles. The molecule has 2 heterocycles. The highest BCUT2D eigenvalue weighted by Gasteiger charge is 2.21. The summed E-state index contributed by atoms with van der Waals surface area (Å²) in [5.41, 5.74) is 0.685. The maximum absolute atomic E-state index is 12.3. The summed E-state index contributed by atoms with van der Waals surface area (Å²) in [6, 6.07) is 5.10. The van der Waals surface area contributed by atoms with Crippen LogP contribution in [0.25, 0.3) is 11.3 Å². The summed E-state index contributed by atoms with van der Waals surface area (Å²) in [7, 11) is 1.62. The molecule has 0 saturated carbocycles. The smallest absolute Gasteiger partial charge is 0.242 e. The molecule has 1 aliphatic rings. The van der Waals surface area contributed by atoms with Gasteiger partial charge in [0.25, 0.3) is 0 Å². The number of likely N-dealkylation sites (N-methyl/N-ethyl adjacent to an activating group) is 1. The molecule has 0 N–H and O–H groups in total. The first kappa shape index (κ1) is 20.6. The van der Waals surface area contributed by atoms with Gasteiger partial charge in [-0.25, -0.2) is 4.98 Å². The first-order chi connectivity index (χ1) is 13.4. The van der Waals surface area contributed by atoms with Crippen molar-refractivity contribution in [1.29, 1.82) is 0 Å². The highest BCUT2D eigenvalue weighted by atomic mass is 35.5. The van der Waals surface area contributed by atoms with E-state index in [0.29, 0.717) is 60.0 Å². The Kier molecular flexibility index (Phi) is 6.93. The maximum atomic E-state index is 12.3. The zero-order valence-corrected chi connectivity index (χ0v) is 17.0. The van der Waals surface area contributed by atoms with Crippen molar-refractivity contribution in [3.05, 3.63) is 40.3 Å². The fraction of sp³-hybridized carbons (Fsp3) is 0.421. The molecule has 0 atom stereocenters. The average Bonchev–Trinajstić information content (AvgIpc) is 3.15. The van der Waals surface area contributed by atoms with Gasteiger partial charge < -0.3 is 19.0 Å². The molecule has 0 aliphatic carbocycles.